The molecule has 1 aliphatic carbocycles. The molecule has 1 aromatic heterocycles. The Morgan fingerprint density at radius 3 is 2.75 bits per heavy atom. The molecule has 0 radical (unpaired) electrons. The van der Waals surface area contributed by atoms with Gasteiger partial charge in [-0.3, -0.25) is 9.59 Å². The van der Waals surface area contributed by atoms with Gasteiger partial charge in [0.2, 0.25) is 0 Å². The number of anilines is 1. The van der Waals surface area contributed by atoms with E-state index in [4.69, 9.17) is 5.73 Å². The highest BCUT2D eigenvalue weighted by atomic mass is 79.9. The molecule has 6 nitrogen and oxygen atoms in total. The quantitative estimate of drug-likeness (QED) is 0.829. The molecule has 122 valence electrons. The number of nitrogens with two attached hydrogens (primary N) is 1. The number of primary amides is 1. The van der Waals surface area contributed by atoms with E-state index in [-0.39, 0.29) is 11.8 Å². The van der Waals surface area contributed by atoms with E-state index in [1.807, 2.05) is 24.3 Å². The summed E-state index contributed by atoms with van der Waals surface area (Å²) in [4.78, 5) is 24.3. The number of nitrogens with zero attached hydrogens (tertiary/aromatic N) is 2. The van der Waals surface area contributed by atoms with Crippen LogP contribution >= 0.6 is 15.9 Å². The number of benzene rings is 1. The number of allylic oxidation sites excluding steroid dienone is 2. The fourth-order valence-corrected chi connectivity index (χ4v) is 3.66. The maximum Gasteiger partial charge on any atom is 0.254 e. The van der Waals surface area contributed by atoms with Crippen LogP contribution in [0.2, 0.25) is 0 Å². The van der Waals surface area contributed by atoms with Crippen LogP contribution in [0.3, 0.4) is 0 Å². The van der Waals surface area contributed by atoms with Crippen molar-refractivity contribution in [2.45, 2.75) is 25.3 Å². The zero-order chi connectivity index (χ0) is 16.8. The number of halogens is 1. The number of aromatic nitrogens is 2. The standard InChI is InChI=1S/C17H15BrN4O2/c18-10-6-4-9(5-7-10)15-14-12(2-1-3-13(14)23)21-17-11(16(19)24)8-20-22(15)17/h4-8,15,21H,1-3H2,(H2,19,24). The largest absolute Gasteiger partial charge is 0.365 e. The van der Waals surface area contributed by atoms with Crippen molar-refractivity contribution >= 4 is 33.4 Å². The summed E-state index contributed by atoms with van der Waals surface area (Å²) < 4.78 is 2.65. The van der Waals surface area contributed by atoms with Crippen molar-refractivity contribution in [3.63, 3.8) is 0 Å². The summed E-state index contributed by atoms with van der Waals surface area (Å²) in [5.41, 5.74) is 8.34. The van der Waals surface area contributed by atoms with Crippen molar-refractivity contribution in [2.75, 3.05) is 5.32 Å². The molecule has 1 unspecified atom stereocenters. The van der Waals surface area contributed by atoms with Gasteiger partial charge < -0.3 is 11.1 Å². The van der Waals surface area contributed by atoms with Gasteiger partial charge >= 0.3 is 0 Å². The first-order valence-electron chi connectivity index (χ1n) is 7.72. The van der Waals surface area contributed by atoms with Crippen molar-refractivity contribution < 1.29 is 9.59 Å². The molecule has 2 aliphatic rings. The first-order chi connectivity index (χ1) is 11.6. The summed E-state index contributed by atoms with van der Waals surface area (Å²) in [6.07, 6.45) is 3.57. The van der Waals surface area contributed by atoms with Crippen molar-refractivity contribution in [2.24, 2.45) is 5.73 Å². The number of ketones is 1. The van der Waals surface area contributed by atoms with Gasteiger partial charge in [0.15, 0.2) is 5.78 Å². The van der Waals surface area contributed by atoms with Gasteiger partial charge in [-0.05, 0) is 30.5 Å². The fourth-order valence-electron chi connectivity index (χ4n) is 3.39. The van der Waals surface area contributed by atoms with E-state index in [1.54, 1.807) is 4.68 Å². The Morgan fingerprint density at radius 2 is 2.04 bits per heavy atom. The number of rotatable bonds is 2. The van der Waals surface area contributed by atoms with Crippen LogP contribution in [0.5, 0.6) is 0 Å². The molecule has 1 aromatic carbocycles. The highest BCUT2D eigenvalue weighted by molar-refractivity contribution is 9.10. The second-order valence-electron chi connectivity index (χ2n) is 5.96. The summed E-state index contributed by atoms with van der Waals surface area (Å²) in [5.74, 6) is 0.145. The third kappa shape index (κ3) is 2.27. The average molecular weight is 387 g/mol. The van der Waals surface area contributed by atoms with Crippen LogP contribution < -0.4 is 11.1 Å². The number of nitrogens with one attached hydrogen (secondary N) is 1. The Hall–Kier alpha value is -2.41. The monoisotopic (exact) mass is 386 g/mol. The van der Waals surface area contributed by atoms with Gasteiger partial charge in [0.05, 0.1) is 6.20 Å². The molecule has 0 saturated carbocycles. The molecular formula is C17H15BrN4O2. The maximum atomic E-state index is 12.6. The molecule has 24 heavy (non-hydrogen) atoms. The number of amides is 1. The second kappa shape index (κ2) is 5.59. The van der Waals surface area contributed by atoms with Gasteiger partial charge in [-0.2, -0.15) is 5.10 Å². The lowest BCUT2D eigenvalue weighted by Crippen LogP contribution is -2.32. The van der Waals surface area contributed by atoms with Crippen LogP contribution in [0.4, 0.5) is 5.82 Å². The Bertz CT molecular complexity index is 882. The number of hydrogen-bond donors (Lipinski definition) is 2. The summed E-state index contributed by atoms with van der Waals surface area (Å²) in [6, 6.07) is 7.45. The molecular weight excluding hydrogens is 372 g/mol. The molecule has 0 spiro atoms. The Morgan fingerprint density at radius 1 is 1.29 bits per heavy atom. The molecule has 2 heterocycles. The molecule has 2 aromatic rings. The van der Waals surface area contributed by atoms with E-state index in [0.717, 1.165) is 34.1 Å². The number of fused-ring (bicyclic) bond motifs is 1. The summed E-state index contributed by atoms with van der Waals surface area (Å²) in [7, 11) is 0. The highest BCUT2D eigenvalue weighted by Gasteiger charge is 2.37. The van der Waals surface area contributed by atoms with Gasteiger partial charge in [-0.25, -0.2) is 4.68 Å². The summed E-state index contributed by atoms with van der Waals surface area (Å²) in [5, 5.41) is 7.56. The highest BCUT2D eigenvalue weighted by Crippen LogP contribution is 2.41. The molecule has 0 fully saturated rings. The zero-order valence-corrected chi connectivity index (χ0v) is 14.3. The Kier molecular flexibility index (Phi) is 3.53. The molecule has 0 saturated heterocycles. The van der Waals surface area contributed by atoms with E-state index in [2.05, 4.69) is 26.3 Å². The molecule has 3 N–H and O–H groups in total. The third-order valence-corrected chi connectivity index (χ3v) is 5.02. The van der Waals surface area contributed by atoms with Crippen LogP contribution in [0.25, 0.3) is 0 Å². The minimum absolute atomic E-state index is 0.124. The van der Waals surface area contributed by atoms with Crippen LogP contribution in [0.15, 0.2) is 46.2 Å². The zero-order valence-electron chi connectivity index (χ0n) is 12.8. The first-order valence-corrected chi connectivity index (χ1v) is 8.51. The number of carbonyl (C=O) groups is 2. The van der Waals surface area contributed by atoms with Gasteiger partial charge in [0, 0.05) is 22.2 Å². The summed E-state index contributed by atoms with van der Waals surface area (Å²) in [6.45, 7) is 0. The van der Waals surface area contributed by atoms with Crippen LogP contribution in [0.1, 0.15) is 41.2 Å². The number of hydrogen-bond acceptors (Lipinski definition) is 4. The molecule has 4 rings (SSSR count). The smallest absolute Gasteiger partial charge is 0.254 e. The van der Waals surface area contributed by atoms with Crippen molar-refractivity contribution in [3.8, 4) is 0 Å². The van der Waals surface area contributed by atoms with Crippen molar-refractivity contribution in [3.05, 3.63) is 57.3 Å². The first kappa shape index (κ1) is 15.1. The third-order valence-electron chi connectivity index (χ3n) is 4.49. The molecule has 1 aliphatic heterocycles. The van der Waals surface area contributed by atoms with Crippen LogP contribution in [-0.4, -0.2) is 21.5 Å². The van der Waals surface area contributed by atoms with Crippen LogP contribution in [-0.2, 0) is 4.79 Å². The topological polar surface area (TPSA) is 90.0 Å². The average Bonchev–Trinajstić information content (AvgIpc) is 2.98. The lowest BCUT2D eigenvalue weighted by molar-refractivity contribution is -0.116. The van der Waals surface area contributed by atoms with E-state index < -0.39 is 5.91 Å². The number of carbonyl (C=O) groups excluding carboxylic acids is 2. The lowest BCUT2D eigenvalue weighted by Gasteiger charge is -2.33. The van der Waals surface area contributed by atoms with Gasteiger partial charge in [-0.15, -0.1) is 0 Å². The van der Waals surface area contributed by atoms with Gasteiger partial charge in [0.1, 0.15) is 17.4 Å². The van der Waals surface area contributed by atoms with E-state index in [1.165, 1.54) is 6.20 Å². The molecule has 1 amide bonds. The molecule has 7 heteroatoms. The van der Waals surface area contributed by atoms with E-state index in [9.17, 15) is 9.59 Å². The molecule has 0 bridgehead atoms. The van der Waals surface area contributed by atoms with Crippen LogP contribution in [0, 0.1) is 0 Å². The Balaban J connectivity index is 1.93. The van der Waals surface area contributed by atoms with E-state index >= 15 is 0 Å². The number of Topliss-reactive ketones (excluding diaryl/α,β-unsaturated/α-hetero) is 1. The van der Waals surface area contributed by atoms with Crippen molar-refractivity contribution in [1.82, 2.24) is 9.78 Å². The normalized spacial score (nSPS) is 19.5. The predicted molar refractivity (Wildman–Crippen MR) is 92.5 cm³/mol. The second-order valence-corrected chi connectivity index (χ2v) is 6.88. The fraction of sp³-hybridized carbons (Fsp3) is 0.235. The van der Waals surface area contributed by atoms with E-state index in [0.29, 0.717) is 17.8 Å². The minimum atomic E-state index is -0.538. The van der Waals surface area contributed by atoms with Gasteiger partial charge in [-0.1, -0.05) is 28.1 Å². The SMILES string of the molecule is NC(=O)c1cnn2c1NC1=C(C(=O)CCC1)C2c1ccc(Br)cc1. The summed E-state index contributed by atoms with van der Waals surface area (Å²) >= 11 is 3.43. The lowest BCUT2D eigenvalue weighted by atomic mass is 9.85. The predicted octanol–water partition coefficient (Wildman–Crippen LogP) is 2.77. The Labute approximate surface area is 146 Å². The molecule has 1 atom stereocenters. The van der Waals surface area contributed by atoms with Crippen molar-refractivity contribution in [1.29, 1.82) is 0 Å². The maximum absolute atomic E-state index is 12.6. The van der Waals surface area contributed by atoms with Gasteiger partial charge in [0.25, 0.3) is 5.91 Å². The minimum Gasteiger partial charge on any atom is -0.365 e.